The Bertz CT molecular complexity index is 371. The van der Waals surface area contributed by atoms with Gasteiger partial charge in [0.05, 0.1) is 6.61 Å². The van der Waals surface area contributed by atoms with Crippen molar-refractivity contribution < 1.29 is 14.6 Å². The monoisotopic (exact) mass is 237 g/mol. The minimum atomic E-state index is -1.17. The van der Waals surface area contributed by atoms with Crippen LogP contribution < -0.4 is 10.5 Å². The van der Waals surface area contributed by atoms with Crippen molar-refractivity contribution in [3.63, 3.8) is 0 Å². The molecule has 1 aromatic carbocycles. The lowest BCUT2D eigenvalue weighted by Gasteiger charge is -2.18. The zero-order valence-electron chi connectivity index (χ0n) is 10.3. The molecule has 1 rings (SSSR count). The van der Waals surface area contributed by atoms with Gasteiger partial charge < -0.3 is 15.6 Å². The minimum absolute atomic E-state index is 0.413. The predicted octanol–water partition coefficient (Wildman–Crippen LogP) is 1.82. The number of carboxylic acid groups (broad SMARTS) is 1. The number of ether oxygens (including phenoxy) is 1. The zero-order valence-corrected chi connectivity index (χ0v) is 10.3. The maximum absolute atomic E-state index is 10.8. The van der Waals surface area contributed by atoms with E-state index in [1.165, 1.54) is 6.92 Å². The van der Waals surface area contributed by atoms with Crippen LogP contribution in [0.15, 0.2) is 24.3 Å². The molecule has 0 saturated carbocycles. The molecule has 94 valence electrons. The van der Waals surface area contributed by atoms with Crippen LogP contribution in [-0.4, -0.2) is 23.2 Å². The van der Waals surface area contributed by atoms with Gasteiger partial charge in [0, 0.05) is 0 Å². The zero-order chi connectivity index (χ0) is 12.9. The highest BCUT2D eigenvalue weighted by molar-refractivity contribution is 5.77. The average molecular weight is 237 g/mol. The molecule has 0 aromatic heterocycles. The van der Waals surface area contributed by atoms with Gasteiger partial charge in [-0.25, -0.2) is 0 Å². The van der Waals surface area contributed by atoms with Gasteiger partial charge in [0.25, 0.3) is 0 Å². The third-order valence-electron chi connectivity index (χ3n) is 2.66. The molecule has 4 heteroatoms. The van der Waals surface area contributed by atoms with Crippen molar-refractivity contribution in [2.24, 2.45) is 5.73 Å². The lowest BCUT2D eigenvalue weighted by molar-refractivity contribution is -0.142. The Labute approximate surface area is 101 Å². The van der Waals surface area contributed by atoms with E-state index >= 15 is 0 Å². The average Bonchev–Trinajstić information content (AvgIpc) is 2.28. The van der Waals surface area contributed by atoms with E-state index in [0.29, 0.717) is 19.4 Å². The Kier molecular flexibility index (Phi) is 4.52. The smallest absolute Gasteiger partial charge is 0.323 e. The molecule has 3 N–H and O–H groups in total. The van der Waals surface area contributed by atoms with Gasteiger partial charge in [-0.15, -0.1) is 0 Å². The molecule has 1 unspecified atom stereocenters. The molecular weight excluding hydrogens is 218 g/mol. The van der Waals surface area contributed by atoms with Crippen LogP contribution in [0.25, 0.3) is 0 Å². The molecule has 0 saturated heterocycles. The molecule has 0 bridgehead atoms. The number of aryl methyl sites for hydroxylation is 1. The van der Waals surface area contributed by atoms with E-state index in [4.69, 9.17) is 15.6 Å². The molecular formula is C13H19NO3. The van der Waals surface area contributed by atoms with Crippen LogP contribution >= 0.6 is 0 Å². The fraction of sp³-hybridized carbons (Fsp3) is 0.462. The highest BCUT2D eigenvalue weighted by Gasteiger charge is 2.27. The van der Waals surface area contributed by atoms with E-state index in [-0.39, 0.29) is 0 Å². The van der Waals surface area contributed by atoms with Crippen molar-refractivity contribution >= 4 is 5.97 Å². The molecule has 0 aliphatic rings. The summed E-state index contributed by atoms with van der Waals surface area (Å²) in [5.41, 5.74) is 5.55. The Morgan fingerprint density at radius 1 is 1.41 bits per heavy atom. The maximum Gasteiger partial charge on any atom is 0.323 e. The number of aliphatic carboxylic acids is 1. The van der Waals surface area contributed by atoms with Gasteiger partial charge in [0.15, 0.2) is 0 Å². The number of nitrogens with two attached hydrogens (primary N) is 1. The van der Waals surface area contributed by atoms with Crippen molar-refractivity contribution in [1.82, 2.24) is 0 Å². The first kappa shape index (κ1) is 13.5. The lowest BCUT2D eigenvalue weighted by Crippen LogP contribution is -2.45. The molecule has 0 spiro atoms. The summed E-state index contributed by atoms with van der Waals surface area (Å²) in [5, 5.41) is 8.89. The van der Waals surface area contributed by atoms with Crippen molar-refractivity contribution in [2.45, 2.75) is 32.2 Å². The summed E-state index contributed by atoms with van der Waals surface area (Å²) in [4.78, 5) is 10.8. The van der Waals surface area contributed by atoms with Crippen LogP contribution in [0.1, 0.15) is 25.8 Å². The molecule has 0 fully saturated rings. The number of carboxylic acids is 1. The number of hydrogen-bond acceptors (Lipinski definition) is 3. The first-order chi connectivity index (χ1) is 7.95. The van der Waals surface area contributed by atoms with E-state index in [2.05, 4.69) is 0 Å². The quantitative estimate of drug-likeness (QED) is 0.791. The second-order valence-corrected chi connectivity index (χ2v) is 4.30. The van der Waals surface area contributed by atoms with Crippen molar-refractivity contribution in [1.29, 1.82) is 0 Å². The SMILES string of the molecule is CCOc1ccc(CCC(C)(N)C(=O)O)cc1. The van der Waals surface area contributed by atoms with Gasteiger partial charge in [-0.1, -0.05) is 12.1 Å². The van der Waals surface area contributed by atoms with Gasteiger partial charge in [0.2, 0.25) is 0 Å². The van der Waals surface area contributed by atoms with Crippen LogP contribution in [0.2, 0.25) is 0 Å². The van der Waals surface area contributed by atoms with E-state index in [1.54, 1.807) is 0 Å². The minimum Gasteiger partial charge on any atom is -0.494 e. The third-order valence-corrected chi connectivity index (χ3v) is 2.66. The molecule has 0 aliphatic heterocycles. The van der Waals surface area contributed by atoms with Gasteiger partial charge >= 0.3 is 5.97 Å². The van der Waals surface area contributed by atoms with Crippen molar-refractivity contribution in [3.05, 3.63) is 29.8 Å². The normalized spacial score (nSPS) is 14.1. The van der Waals surface area contributed by atoms with E-state index in [9.17, 15) is 4.79 Å². The van der Waals surface area contributed by atoms with Crippen LogP contribution in [0.5, 0.6) is 5.75 Å². The predicted molar refractivity (Wildman–Crippen MR) is 66.2 cm³/mol. The van der Waals surface area contributed by atoms with Gasteiger partial charge in [-0.3, -0.25) is 4.79 Å². The molecule has 0 radical (unpaired) electrons. The van der Waals surface area contributed by atoms with Gasteiger partial charge in [-0.05, 0) is 44.4 Å². The molecule has 0 amide bonds. The highest BCUT2D eigenvalue weighted by Crippen LogP contribution is 2.16. The summed E-state index contributed by atoms with van der Waals surface area (Å²) >= 11 is 0. The van der Waals surface area contributed by atoms with Crippen molar-refractivity contribution in [2.75, 3.05) is 6.61 Å². The molecule has 0 aliphatic carbocycles. The largest absolute Gasteiger partial charge is 0.494 e. The number of benzene rings is 1. The Morgan fingerprint density at radius 3 is 2.47 bits per heavy atom. The topological polar surface area (TPSA) is 72.5 Å². The fourth-order valence-corrected chi connectivity index (χ4v) is 1.43. The molecule has 4 nitrogen and oxygen atoms in total. The second-order valence-electron chi connectivity index (χ2n) is 4.30. The Hall–Kier alpha value is -1.55. The fourth-order valence-electron chi connectivity index (χ4n) is 1.43. The highest BCUT2D eigenvalue weighted by atomic mass is 16.5. The molecule has 1 atom stereocenters. The first-order valence-electron chi connectivity index (χ1n) is 5.69. The van der Waals surface area contributed by atoms with E-state index < -0.39 is 11.5 Å². The van der Waals surface area contributed by atoms with E-state index in [1.807, 2.05) is 31.2 Å². The van der Waals surface area contributed by atoms with Crippen molar-refractivity contribution in [3.8, 4) is 5.75 Å². The number of hydrogen-bond donors (Lipinski definition) is 2. The first-order valence-corrected chi connectivity index (χ1v) is 5.69. The van der Waals surface area contributed by atoms with Crippen LogP contribution in [0.3, 0.4) is 0 Å². The molecule has 0 heterocycles. The van der Waals surface area contributed by atoms with Crippen LogP contribution in [0, 0.1) is 0 Å². The standard InChI is InChI=1S/C13H19NO3/c1-3-17-11-6-4-10(5-7-11)8-9-13(2,14)12(15)16/h4-7H,3,8-9,14H2,1-2H3,(H,15,16). The number of rotatable bonds is 6. The van der Waals surface area contributed by atoms with Gasteiger partial charge in [0.1, 0.15) is 11.3 Å². The third kappa shape index (κ3) is 4.07. The van der Waals surface area contributed by atoms with Crippen LogP contribution in [0.4, 0.5) is 0 Å². The summed E-state index contributed by atoms with van der Waals surface area (Å²) in [6.07, 6.45) is 1.06. The van der Waals surface area contributed by atoms with E-state index in [0.717, 1.165) is 11.3 Å². The molecule has 1 aromatic rings. The molecule has 17 heavy (non-hydrogen) atoms. The van der Waals surface area contributed by atoms with Crippen LogP contribution in [-0.2, 0) is 11.2 Å². The number of carbonyl (C=O) groups is 1. The lowest BCUT2D eigenvalue weighted by atomic mass is 9.94. The van der Waals surface area contributed by atoms with Gasteiger partial charge in [-0.2, -0.15) is 0 Å². The summed E-state index contributed by atoms with van der Waals surface area (Å²) in [6.45, 7) is 4.10. The second kappa shape index (κ2) is 5.68. The summed E-state index contributed by atoms with van der Waals surface area (Å²) in [6, 6.07) is 7.63. The summed E-state index contributed by atoms with van der Waals surface area (Å²) in [5.74, 6) is -0.145. The maximum atomic E-state index is 10.8. The Morgan fingerprint density at radius 2 is 2.00 bits per heavy atom. The summed E-state index contributed by atoms with van der Waals surface area (Å²) in [7, 11) is 0. The Balaban J connectivity index is 2.55. The summed E-state index contributed by atoms with van der Waals surface area (Å²) < 4.78 is 5.33.